The maximum Gasteiger partial charge on any atom is 0.194 e. The number of hydrogen-bond acceptors (Lipinski definition) is 3. The van der Waals surface area contributed by atoms with E-state index in [2.05, 4.69) is 31.0 Å². The third kappa shape index (κ3) is 4.79. The summed E-state index contributed by atoms with van der Waals surface area (Å²) in [7, 11) is 0. The third-order valence-corrected chi connectivity index (χ3v) is 6.11. The fourth-order valence-corrected chi connectivity index (χ4v) is 4.96. The monoisotopic (exact) mass is 327 g/mol. The van der Waals surface area contributed by atoms with E-state index in [4.69, 9.17) is 4.99 Å². The Balaban J connectivity index is 2.02. The first-order valence-electron chi connectivity index (χ1n) is 8.84. The molecule has 2 fully saturated rings. The van der Waals surface area contributed by atoms with Crippen LogP contribution in [0.15, 0.2) is 4.99 Å². The van der Waals surface area contributed by atoms with E-state index < -0.39 is 5.60 Å². The molecule has 0 saturated carbocycles. The van der Waals surface area contributed by atoms with Crippen molar-refractivity contribution in [1.82, 2.24) is 10.2 Å². The van der Waals surface area contributed by atoms with E-state index in [9.17, 15) is 5.11 Å². The molecule has 0 spiro atoms. The van der Waals surface area contributed by atoms with E-state index >= 15 is 0 Å². The quantitative estimate of drug-likeness (QED) is 0.602. The van der Waals surface area contributed by atoms with Crippen LogP contribution in [0.2, 0.25) is 0 Å². The molecule has 0 amide bonds. The van der Waals surface area contributed by atoms with Gasteiger partial charge in [-0.1, -0.05) is 20.3 Å². The molecule has 22 heavy (non-hydrogen) atoms. The van der Waals surface area contributed by atoms with E-state index in [0.717, 1.165) is 43.5 Å². The van der Waals surface area contributed by atoms with Crippen LogP contribution in [0.25, 0.3) is 0 Å². The first-order chi connectivity index (χ1) is 10.5. The van der Waals surface area contributed by atoms with Gasteiger partial charge in [-0.25, -0.2) is 0 Å². The molecule has 0 aliphatic carbocycles. The molecule has 2 aliphatic heterocycles. The average molecular weight is 328 g/mol. The number of thioether (sulfide) groups is 1. The SMILES string of the molecule is CCCC1(C)CCCN(C(=NCC2(O)CCSC2)NCC)C1. The zero-order valence-corrected chi connectivity index (χ0v) is 15.3. The molecule has 2 N–H and O–H groups in total. The number of nitrogens with one attached hydrogen (secondary N) is 1. The fourth-order valence-electron chi connectivity index (χ4n) is 3.67. The molecule has 2 aliphatic rings. The van der Waals surface area contributed by atoms with Crippen molar-refractivity contribution < 1.29 is 5.11 Å². The third-order valence-electron chi connectivity index (χ3n) is 4.87. The zero-order chi connectivity index (χ0) is 16.1. The van der Waals surface area contributed by atoms with Crippen LogP contribution >= 0.6 is 11.8 Å². The van der Waals surface area contributed by atoms with Gasteiger partial charge < -0.3 is 15.3 Å². The molecule has 2 rings (SSSR count). The van der Waals surface area contributed by atoms with Crippen LogP contribution in [0.5, 0.6) is 0 Å². The number of guanidine groups is 1. The number of piperidine rings is 1. The standard InChI is InChI=1S/C17H33N3OS/c1-4-7-16(3)8-6-10-20(13-16)15(18-5-2)19-12-17(21)9-11-22-14-17/h21H,4-14H2,1-3H3,(H,18,19). The lowest BCUT2D eigenvalue weighted by molar-refractivity contribution is 0.0770. The topological polar surface area (TPSA) is 47.9 Å². The van der Waals surface area contributed by atoms with Crippen molar-refractivity contribution in [1.29, 1.82) is 0 Å². The predicted molar refractivity (Wildman–Crippen MR) is 96.7 cm³/mol. The summed E-state index contributed by atoms with van der Waals surface area (Å²) in [6, 6.07) is 0. The zero-order valence-electron chi connectivity index (χ0n) is 14.5. The van der Waals surface area contributed by atoms with E-state index in [-0.39, 0.29) is 0 Å². The van der Waals surface area contributed by atoms with Crippen LogP contribution in [0.1, 0.15) is 52.9 Å². The Morgan fingerprint density at radius 2 is 2.18 bits per heavy atom. The molecule has 128 valence electrons. The number of hydrogen-bond donors (Lipinski definition) is 2. The van der Waals surface area contributed by atoms with Crippen LogP contribution in [-0.4, -0.2) is 59.3 Å². The van der Waals surface area contributed by atoms with Crippen molar-refractivity contribution in [3.05, 3.63) is 0 Å². The number of aliphatic imine (C=N–C) groups is 1. The summed E-state index contributed by atoms with van der Waals surface area (Å²) in [5.74, 6) is 2.87. The Kier molecular flexibility index (Phi) is 6.45. The lowest BCUT2D eigenvalue weighted by atomic mass is 9.78. The Hall–Kier alpha value is -0.420. The van der Waals surface area contributed by atoms with Crippen molar-refractivity contribution in [3.63, 3.8) is 0 Å². The number of nitrogens with zero attached hydrogens (tertiary/aromatic N) is 2. The second-order valence-corrected chi connectivity index (χ2v) is 8.39. The predicted octanol–water partition coefficient (Wildman–Crippen LogP) is 2.72. The Labute approximate surface area is 140 Å². The second-order valence-electron chi connectivity index (χ2n) is 7.28. The lowest BCUT2D eigenvalue weighted by Crippen LogP contribution is -2.50. The highest BCUT2D eigenvalue weighted by atomic mass is 32.2. The first kappa shape index (κ1) is 17.9. The molecule has 2 saturated heterocycles. The maximum absolute atomic E-state index is 10.5. The number of rotatable bonds is 5. The van der Waals surface area contributed by atoms with Gasteiger partial charge in [0.25, 0.3) is 0 Å². The van der Waals surface area contributed by atoms with Crippen LogP contribution in [0, 0.1) is 5.41 Å². The van der Waals surface area contributed by atoms with Gasteiger partial charge in [0.2, 0.25) is 0 Å². The lowest BCUT2D eigenvalue weighted by Gasteiger charge is -2.42. The molecule has 4 nitrogen and oxygen atoms in total. The van der Waals surface area contributed by atoms with Crippen molar-refractivity contribution in [2.45, 2.75) is 58.5 Å². The van der Waals surface area contributed by atoms with Crippen LogP contribution in [-0.2, 0) is 0 Å². The molecule has 0 bridgehead atoms. The van der Waals surface area contributed by atoms with Crippen molar-refractivity contribution in [2.24, 2.45) is 10.4 Å². The summed E-state index contributed by atoms with van der Waals surface area (Å²) >= 11 is 1.83. The molecular weight excluding hydrogens is 294 g/mol. The highest BCUT2D eigenvalue weighted by molar-refractivity contribution is 7.99. The Bertz CT molecular complexity index is 378. The van der Waals surface area contributed by atoms with E-state index in [1.54, 1.807) is 0 Å². The Morgan fingerprint density at radius 1 is 1.36 bits per heavy atom. The molecular formula is C17H33N3OS. The molecule has 0 radical (unpaired) electrons. The van der Waals surface area contributed by atoms with Crippen LogP contribution < -0.4 is 5.32 Å². The van der Waals surface area contributed by atoms with Crippen LogP contribution in [0.3, 0.4) is 0 Å². The summed E-state index contributed by atoms with van der Waals surface area (Å²) in [6.45, 7) is 10.4. The maximum atomic E-state index is 10.5. The van der Waals surface area contributed by atoms with Gasteiger partial charge in [0.05, 0.1) is 12.1 Å². The van der Waals surface area contributed by atoms with Gasteiger partial charge in [-0.05, 0) is 43.8 Å². The summed E-state index contributed by atoms with van der Waals surface area (Å²) < 4.78 is 0. The smallest absolute Gasteiger partial charge is 0.194 e. The molecule has 0 aromatic heterocycles. The summed E-state index contributed by atoms with van der Waals surface area (Å²) in [6.07, 6.45) is 5.95. The summed E-state index contributed by atoms with van der Waals surface area (Å²) in [5, 5.41) is 14.0. The summed E-state index contributed by atoms with van der Waals surface area (Å²) in [5.41, 5.74) is -0.183. The normalized spacial score (nSPS) is 33.3. The molecule has 5 heteroatoms. The minimum absolute atomic E-state index is 0.406. The van der Waals surface area contributed by atoms with E-state index in [1.807, 2.05) is 11.8 Å². The van der Waals surface area contributed by atoms with E-state index in [1.165, 1.54) is 25.7 Å². The summed E-state index contributed by atoms with van der Waals surface area (Å²) in [4.78, 5) is 7.20. The molecule has 0 aromatic rings. The minimum atomic E-state index is -0.589. The van der Waals surface area contributed by atoms with Gasteiger partial charge in [0, 0.05) is 25.4 Å². The molecule has 2 unspecified atom stereocenters. The largest absolute Gasteiger partial charge is 0.387 e. The molecule has 0 aromatic carbocycles. The average Bonchev–Trinajstić information content (AvgIpc) is 2.90. The van der Waals surface area contributed by atoms with Crippen molar-refractivity contribution in [2.75, 3.05) is 37.7 Å². The van der Waals surface area contributed by atoms with Gasteiger partial charge in [-0.2, -0.15) is 11.8 Å². The number of likely N-dealkylation sites (tertiary alicyclic amines) is 1. The van der Waals surface area contributed by atoms with Gasteiger partial charge in [-0.3, -0.25) is 4.99 Å². The van der Waals surface area contributed by atoms with Gasteiger partial charge in [-0.15, -0.1) is 0 Å². The fraction of sp³-hybridized carbons (Fsp3) is 0.941. The number of aliphatic hydroxyl groups is 1. The molecule has 2 atom stereocenters. The highest BCUT2D eigenvalue weighted by Gasteiger charge is 2.34. The highest BCUT2D eigenvalue weighted by Crippen LogP contribution is 2.34. The molecule has 2 heterocycles. The Morgan fingerprint density at radius 3 is 2.82 bits per heavy atom. The van der Waals surface area contributed by atoms with Crippen molar-refractivity contribution >= 4 is 17.7 Å². The van der Waals surface area contributed by atoms with Gasteiger partial charge >= 0.3 is 0 Å². The minimum Gasteiger partial charge on any atom is -0.387 e. The van der Waals surface area contributed by atoms with Gasteiger partial charge in [0.1, 0.15) is 0 Å². The van der Waals surface area contributed by atoms with Crippen molar-refractivity contribution in [3.8, 4) is 0 Å². The van der Waals surface area contributed by atoms with E-state index in [0.29, 0.717) is 12.0 Å². The first-order valence-corrected chi connectivity index (χ1v) is 9.99. The van der Waals surface area contributed by atoms with Gasteiger partial charge in [0.15, 0.2) is 5.96 Å². The second kappa shape index (κ2) is 7.91. The van der Waals surface area contributed by atoms with Crippen LogP contribution in [0.4, 0.5) is 0 Å².